The molecule has 8 heteroatoms. The highest BCUT2D eigenvalue weighted by atomic mass is 32.5. The maximum Gasteiger partial charge on any atom is 0.345 e. The first-order valence-corrected chi connectivity index (χ1v) is 12.8. The van der Waals surface area contributed by atoms with Gasteiger partial charge in [-0.2, -0.15) is 0 Å². The van der Waals surface area contributed by atoms with Crippen LogP contribution in [-0.2, 0) is 9.47 Å². The first-order chi connectivity index (χ1) is 13.4. The van der Waals surface area contributed by atoms with Gasteiger partial charge in [0.1, 0.15) is 0 Å². The molecule has 0 aliphatic rings. The van der Waals surface area contributed by atoms with E-state index in [1.165, 1.54) is 25.7 Å². The third-order valence-corrected chi connectivity index (χ3v) is 4.77. The molecule has 0 saturated heterocycles. The van der Waals surface area contributed by atoms with Crippen molar-refractivity contribution in [1.82, 2.24) is 0 Å². The summed E-state index contributed by atoms with van der Waals surface area (Å²) < 4.78 is 70.9. The molecule has 0 amide bonds. The van der Waals surface area contributed by atoms with E-state index in [0.29, 0.717) is 6.42 Å². The van der Waals surface area contributed by atoms with Crippen molar-refractivity contribution in [3.8, 4) is 11.2 Å². The van der Waals surface area contributed by atoms with Crippen molar-refractivity contribution in [3.05, 3.63) is 0 Å². The number of hydrogen-bond acceptors (Lipinski definition) is 2. The van der Waals surface area contributed by atoms with Crippen molar-refractivity contribution >= 4 is 10.2 Å². The van der Waals surface area contributed by atoms with Gasteiger partial charge in [-0.3, -0.25) is 0 Å². The summed E-state index contributed by atoms with van der Waals surface area (Å²) >= 11 is 0. The first-order valence-electron chi connectivity index (χ1n) is 10.8. The Bertz CT molecular complexity index is 468. The normalized spacial score (nSPS) is 14.3. The van der Waals surface area contributed by atoms with Crippen molar-refractivity contribution in [1.29, 1.82) is 0 Å². The van der Waals surface area contributed by atoms with Gasteiger partial charge in [0.15, 0.2) is 0 Å². The van der Waals surface area contributed by atoms with Crippen LogP contribution in [0.25, 0.3) is 0 Å². The van der Waals surface area contributed by atoms with Gasteiger partial charge < -0.3 is 9.47 Å². The van der Waals surface area contributed by atoms with Crippen molar-refractivity contribution in [2.45, 2.75) is 103 Å². The summed E-state index contributed by atoms with van der Waals surface area (Å²) in [5, 5.41) is 0.255. The maximum absolute atomic E-state index is 12.0. The van der Waals surface area contributed by atoms with Crippen LogP contribution in [0.5, 0.6) is 0 Å². The lowest BCUT2D eigenvalue weighted by molar-refractivity contribution is 0.0507. The average Bonchev–Trinajstić information content (AvgIpc) is 2.57. The highest BCUT2D eigenvalue weighted by Crippen LogP contribution is 2.97. The summed E-state index contributed by atoms with van der Waals surface area (Å²) in [5.74, 6) is 1.58. The van der Waals surface area contributed by atoms with Gasteiger partial charge in [0.2, 0.25) is 0 Å². The quantitative estimate of drug-likeness (QED) is 0.118. The standard InChI is InChI=1S/C21H39F5O2S/c1-21(2)28-19-16-18-27-17-14-12-10-8-6-4-3-5-7-9-11-13-15-20-29(22,23,24,25)26/h21H,3-14,16-19H2,1-2H3. The van der Waals surface area contributed by atoms with E-state index < -0.39 is 10.2 Å². The minimum Gasteiger partial charge on any atom is -0.381 e. The minimum absolute atomic E-state index is 0.124. The Morgan fingerprint density at radius 3 is 1.55 bits per heavy atom. The van der Waals surface area contributed by atoms with Crippen LogP contribution in [-0.4, -0.2) is 25.9 Å². The molecule has 176 valence electrons. The molecule has 0 aromatic carbocycles. The molecule has 0 fully saturated rings. The summed E-state index contributed by atoms with van der Waals surface area (Å²) in [6, 6.07) is 0. The summed E-state index contributed by atoms with van der Waals surface area (Å²) in [5.41, 5.74) is 0. The van der Waals surface area contributed by atoms with Crippen molar-refractivity contribution in [2.24, 2.45) is 0 Å². The van der Waals surface area contributed by atoms with Gasteiger partial charge in [0.25, 0.3) is 0 Å². The van der Waals surface area contributed by atoms with Gasteiger partial charge in [-0.1, -0.05) is 83.1 Å². The average molecular weight is 451 g/mol. The number of ether oxygens (including phenoxy) is 2. The number of halogens is 5. The second-order valence-corrected chi connectivity index (χ2v) is 9.91. The third kappa shape index (κ3) is 27.5. The van der Waals surface area contributed by atoms with Gasteiger partial charge in [-0.25, -0.2) is 0 Å². The monoisotopic (exact) mass is 450 g/mol. The molecule has 0 saturated carbocycles. The highest BCUT2D eigenvalue weighted by molar-refractivity contribution is 8.49. The molecular formula is C21H39F5O2S. The number of hydrogen-bond donors (Lipinski definition) is 0. The molecule has 0 radical (unpaired) electrons. The zero-order valence-corrected chi connectivity index (χ0v) is 18.8. The zero-order valence-electron chi connectivity index (χ0n) is 18.0. The Balaban J connectivity index is 3.25. The van der Waals surface area contributed by atoms with Gasteiger partial charge in [0.05, 0.1) is 11.4 Å². The van der Waals surface area contributed by atoms with Crippen LogP contribution in [0.15, 0.2) is 0 Å². The summed E-state index contributed by atoms with van der Waals surface area (Å²) in [6.45, 7) is 6.38. The maximum atomic E-state index is 12.0. The van der Waals surface area contributed by atoms with E-state index >= 15 is 0 Å². The molecule has 0 N–H and O–H groups in total. The van der Waals surface area contributed by atoms with Crippen LogP contribution in [0.3, 0.4) is 0 Å². The molecule has 29 heavy (non-hydrogen) atoms. The molecule has 0 bridgehead atoms. The molecule has 0 aliphatic heterocycles. The van der Waals surface area contributed by atoms with Crippen molar-refractivity contribution < 1.29 is 28.9 Å². The van der Waals surface area contributed by atoms with E-state index in [-0.39, 0.29) is 17.8 Å². The second-order valence-electron chi connectivity index (χ2n) is 7.77. The molecule has 2 nitrogen and oxygen atoms in total. The lowest BCUT2D eigenvalue weighted by atomic mass is 10.1. The fourth-order valence-corrected chi connectivity index (χ4v) is 3.15. The summed E-state index contributed by atoms with van der Waals surface area (Å²) in [4.78, 5) is 0. The van der Waals surface area contributed by atoms with Crippen LogP contribution in [0.4, 0.5) is 19.4 Å². The Hall–Kier alpha value is -0.520. The predicted molar refractivity (Wildman–Crippen MR) is 113 cm³/mol. The fourth-order valence-electron chi connectivity index (χ4n) is 2.78. The Kier molecular flexibility index (Phi) is 13.5. The lowest BCUT2D eigenvalue weighted by Gasteiger charge is -2.33. The minimum atomic E-state index is -9.54. The smallest absolute Gasteiger partial charge is 0.345 e. The van der Waals surface area contributed by atoms with E-state index in [1.807, 2.05) is 13.8 Å². The van der Waals surface area contributed by atoms with Crippen molar-refractivity contribution in [2.75, 3.05) is 19.8 Å². The van der Waals surface area contributed by atoms with Gasteiger partial charge in [-0.05, 0) is 33.1 Å². The molecule has 0 unspecified atom stereocenters. The topological polar surface area (TPSA) is 18.5 Å². The summed E-state index contributed by atoms with van der Waals surface area (Å²) in [6.07, 6.45) is 12.4. The van der Waals surface area contributed by atoms with E-state index in [1.54, 1.807) is 5.92 Å². The van der Waals surface area contributed by atoms with E-state index in [9.17, 15) is 19.4 Å². The van der Waals surface area contributed by atoms with Crippen LogP contribution in [0.1, 0.15) is 97.3 Å². The van der Waals surface area contributed by atoms with Gasteiger partial charge in [0, 0.05) is 26.2 Å². The van der Waals surface area contributed by atoms with E-state index in [4.69, 9.17) is 9.47 Å². The zero-order chi connectivity index (χ0) is 22.1. The first kappa shape index (κ1) is 28.5. The third-order valence-electron chi connectivity index (χ3n) is 4.24. The number of unbranched alkanes of at least 4 members (excludes halogenated alkanes) is 11. The van der Waals surface area contributed by atoms with Crippen LogP contribution in [0.2, 0.25) is 0 Å². The Labute approximate surface area is 174 Å². The second kappa shape index (κ2) is 13.7. The molecule has 0 aromatic rings. The van der Waals surface area contributed by atoms with Crippen LogP contribution >= 0.6 is 10.2 Å². The number of rotatable bonds is 18. The SMILES string of the molecule is CC(C)OCCCOCCCCCCCCCCCCCC#CS(F)(F)(F)(F)F. The fraction of sp³-hybridized carbons (Fsp3) is 0.905. The van der Waals surface area contributed by atoms with Gasteiger partial charge >= 0.3 is 10.2 Å². The molecule has 0 heterocycles. The predicted octanol–water partition coefficient (Wildman–Crippen LogP) is 8.76. The van der Waals surface area contributed by atoms with Crippen molar-refractivity contribution in [3.63, 3.8) is 0 Å². The molecular weight excluding hydrogens is 411 g/mol. The molecule has 0 aromatic heterocycles. The van der Waals surface area contributed by atoms with Crippen LogP contribution in [0, 0.1) is 11.2 Å². The Morgan fingerprint density at radius 1 is 0.621 bits per heavy atom. The highest BCUT2D eigenvalue weighted by Gasteiger charge is 2.62. The molecule has 0 spiro atoms. The molecule has 0 rings (SSSR count). The summed E-state index contributed by atoms with van der Waals surface area (Å²) in [7, 11) is -9.54. The van der Waals surface area contributed by atoms with Crippen LogP contribution < -0.4 is 0 Å². The molecule has 0 atom stereocenters. The largest absolute Gasteiger partial charge is 0.381 e. The van der Waals surface area contributed by atoms with Gasteiger partial charge in [-0.15, -0.1) is 0 Å². The lowest BCUT2D eigenvalue weighted by Crippen LogP contribution is -2.07. The Morgan fingerprint density at radius 2 is 1.07 bits per heavy atom. The van der Waals surface area contributed by atoms with E-state index in [2.05, 4.69) is 0 Å². The molecule has 0 aliphatic carbocycles. The van der Waals surface area contributed by atoms with E-state index in [0.717, 1.165) is 64.8 Å².